The summed E-state index contributed by atoms with van der Waals surface area (Å²) >= 11 is 0. The van der Waals surface area contributed by atoms with Gasteiger partial charge in [0.2, 0.25) is 0 Å². The molecule has 0 saturated carbocycles. The highest BCUT2D eigenvalue weighted by Crippen LogP contribution is 2.05. The Labute approximate surface area is 110 Å². The van der Waals surface area contributed by atoms with Gasteiger partial charge in [0.15, 0.2) is 0 Å². The average Bonchev–Trinajstić information content (AvgIpc) is 2.92. The van der Waals surface area contributed by atoms with E-state index in [2.05, 4.69) is 15.5 Å². The highest BCUT2D eigenvalue weighted by atomic mass is 16.3. The number of rotatable bonds is 4. The largest absolute Gasteiger partial charge is 0.465 e. The Morgan fingerprint density at radius 3 is 3.00 bits per heavy atom. The maximum Gasteiger partial charge on any atom is 0.272 e. The molecule has 0 unspecified atom stereocenters. The van der Waals surface area contributed by atoms with Gasteiger partial charge in [-0.15, -0.1) is 0 Å². The molecule has 2 rings (SSSR count). The van der Waals surface area contributed by atoms with Crippen molar-refractivity contribution >= 4 is 18.2 Å². The molecular formula is C14H13N3O2. The van der Waals surface area contributed by atoms with Crippen LogP contribution in [0.5, 0.6) is 0 Å². The lowest BCUT2D eigenvalue weighted by atomic mass is 10.3. The molecule has 0 atom stereocenters. The molecule has 5 heteroatoms. The number of nitrogens with zero attached hydrogens (tertiary/aromatic N) is 2. The fourth-order valence-corrected chi connectivity index (χ4v) is 1.39. The van der Waals surface area contributed by atoms with Crippen molar-refractivity contribution in [3.05, 3.63) is 59.8 Å². The second-order valence-corrected chi connectivity index (χ2v) is 3.84. The zero-order valence-electron chi connectivity index (χ0n) is 10.4. The third kappa shape index (κ3) is 3.92. The lowest BCUT2D eigenvalue weighted by molar-refractivity contribution is 0.0955. The van der Waals surface area contributed by atoms with Crippen LogP contribution in [0, 0.1) is 0 Å². The van der Waals surface area contributed by atoms with E-state index in [9.17, 15) is 4.79 Å². The number of carbonyl (C=O) groups is 1. The molecule has 0 spiro atoms. The zero-order valence-corrected chi connectivity index (χ0v) is 10.4. The van der Waals surface area contributed by atoms with Crippen molar-refractivity contribution in [1.29, 1.82) is 0 Å². The molecule has 0 radical (unpaired) electrons. The van der Waals surface area contributed by atoms with Crippen LogP contribution in [0.1, 0.15) is 23.0 Å². The summed E-state index contributed by atoms with van der Waals surface area (Å²) in [6.45, 7) is 1.86. The predicted molar refractivity (Wildman–Crippen MR) is 72.6 cm³/mol. The molecule has 1 amide bonds. The zero-order chi connectivity index (χ0) is 13.5. The normalized spacial score (nSPS) is 11.7. The molecule has 0 bridgehead atoms. The Hall–Kier alpha value is -2.69. The van der Waals surface area contributed by atoms with E-state index in [1.807, 2.05) is 19.1 Å². The molecule has 2 heterocycles. The number of carbonyl (C=O) groups excluding carboxylic acids is 1. The Kier molecular flexibility index (Phi) is 4.23. The van der Waals surface area contributed by atoms with Crippen molar-refractivity contribution in [2.45, 2.75) is 6.92 Å². The van der Waals surface area contributed by atoms with Crippen LogP contribution in [0.25, 0.3) is 6.08 Å². The van der Waals surface area contributed by atoms with E-state index in [-0.39, 0.29) is 5.91 Å². The van der Waals surface area contributed by atoms with Crippen LogP contribution < -0.4 is 5.43 Å². The molecule has 2 aromatic rings. The molecule has 2 aromatic heterocycles. The summed E-state index contributed by atoms with van der Waals surface area (Å²) < 4.78 is 5.17. The van der Waals surface area contributed by atoms with Gasteiger partial charge in [-0.1, -0.05) is 0 Å². The van der Waals surface area contributed by atoms with Crippen LogP contribution in [0.2, 0.25) is 0 Å². The van der Waals surface area contributed by atoms with Gasteiger partial charge in [-0.3, -0.25) is 9.78 Å². The maximum absolute atomic E-state index is 11.6. The van der Waals surface area contributed by atoms with Crippen LogP contribution in [0.15, 0.2) is 58.0 Å². The van der Waals surface area contributed by atoms with E-state index in [1.54, 1.807) is 36.9 Å². The highest BCUT2D eigenvalue weighted by molar-refractivity contribution is 5.94. The fraction of sp³-hybridized carbons (Fsp3) is 0.0714. The summed E-state index contributed by atoms with van der Waals surface area (Å²) in [5.74, 6) is 0.442. The Bertz CT molecular complexity index is 586. The van der Waals surface area contributed by atoms with Crippen molar-refractivity contribution < 1.29 is 9.21 Å². The van der Waals surface area contributed by atoms with Crippen molar-refractivity contribution in [2.75, 3.05) is 0 Å². The first-order chi connectivity index (χ1) is 9.25. The van der Waals surface area contributed by atoms with E-state index < -0.39 is 0 Å². The second-order valence-electron chi connectivity index (χ2n) is 3.84. The molecule has 0 aliphatic rings. The molecule has 0 fully saturated rings. The van der Waals surface area contributed by atoms with Crippen LogP contribution in [-0.4, -0.2) is 17.1 Å². The maximum atomic E-state index is 11.6. The van der Waals surface area contributed by atoms with Gasteiger partial charge in [0.25, 0.3) is 5.91 Å². The fourth-order valence-electron chi connectivity index (χ4n) is 1.39. The number of aromatic nitrogens is 1. The molecule has 19 heavy (non-hydrogen) atoms. The summed E-state index contributed by atoms with van der Waals surface area (Å²) in [6.07, 6.45) is 8.06. The summed E-state index contributed by atoms with van der Waals surface area (Å²) in [7, 11) is 0. The number of allylic oxidation sites excluding steroid dienone is 1. The van der Waals surface area contributed by atoms with Gasteiger partial charge in [0.05, 0.1) is 18.0 Å². The minimum atomic E-state index is -0.296. The summed E-state index contributed by atoms with van der Waals surface area (Å²) in [4.78, 5) is 15.5. The van der Waals surface area contributed by atoms with Gasteiger partial charge in [-0.05, 0) is 42.8 Å². The van der Waals surface area contributed by atoms with Crippen LogP contribution >= 0.6 is 0 Å². The van der Waals surface area contributed by atoms with Crippen LogP contribution in [0.4, 0.5) is 0 Å². The lowest BCUT2D eigenvalue weighted by Gasteiger charge is -1.98. The topological polar surface area (TPSA) is 67.5 Å². The van der Waals surface area contributed by atoms with Gasteiger partial charge in [0, 0.05) is 12.4 Å². The smallest absolute Gasteiger partial charge is 0.272 e. The predicted octanol–water partition coefficient (Wildman–Crippen LogP) is 2.49. The Morgan fingerprint density at radius 1 is 1.42 bits per heavy atom. The van der Waals surface area contributed by atoms with Gasteiger partial charge in [0.1, 0.15) is 5.76 Å². The van der Waals surface area contributed by atoms with E-state index in [1.165, 1.54) is 6.20 Å². The molecule has 5 nitrogen and oxygen atoms in total. The first kappa shape index (κ1) is 12.8. The number of hydrazone groups is 1. The monoisotopic (exact) mass is 255 g/mol. The molecule has 96 valence electrons. The van der Waals surface area contributed by atoms with Crippen molar-refractivity contribution in [3.8, 4) is 0 Å². The standard InChI is InChI=1S/C14H13N3O2/c1-11(8-13-5-3-7-19-13)9-16-17-14(18)12-4-2-6-15-10-12/h2-10H,1H3,(H,17,18)/b11-8+,16-9?. The van der Waals surface area contributed by atoms with Crippen molar-refractivity contribution in [2.24, 2.45) is 5.10 Å². The van der Waals surface area contributed by atoms with Gasteiger partial charge < -0.3 is 4.42 Å². The summed E-state index contributed by atoms with van der Waals surface area (Å²) in [6, 6.07) is 7.01. The summed E-state index contributed by atoms with van der Waals surface area (Å²) in [5, 5.41) is 3.87. The number of nitrogens with one attached hydrogen (secondary N) is 1. The van der Waals surface area contributed by atoms with E-state index in [4.69, 9.17) is 4.42 Å². The highest BCUT2D eigenvalue weighted by Gasteiger charge is 2.02. The van der Waals surface area contributed by atoms with Crippen molar-refractivity contribution in [3.63, 3.8) is 0 Å². The average molecular weight is 255 g/mol. The third-order valence-corrected chi connectivity index (χ3v) is 2.27. The lowest BCUT2D eigenvalue weighted by Crippen LogP contribution is -2.17. The molecule has 0 aromatic carbocycles. The van der Waals surface area contributed by atoms with E-state index in [0.29, 0.717) is 5.56 Å². The molecule has 0 aliphatic heterocycles. The summed E-state index contributed by atoms with van der Waals surface area (Å²) in [5.41, 5.74) is 3.76. The number of furan rings is 1. The minimum Gasteiger partial charge on any atom is -0.465 e. The van der Waals surface area contributed by atoms with Gasteiger partial charge in [-0.25, -0.2) is 5.43 Å². The van der Waals surface area contributed by atoms with E-state index in [0.717, 1.165) is 11.3 Å². The third-order valence-electron chi connectivity index (χ3n) is 2.27. The second kappa shape index (κ2) is 6.30. The minimum absolute atomic E-state index is 0.296. The molecular weight excluding hydrogens is 242 g/mol. The first-order valence-electron chi connectivity index (χ1n) is 5.71. The molecule has 0 saturated heterocycles. The van der Waals surface area contributed by atoms with Crippen LogP contribution in [-0.2, 0) is 0 Å². The Balaban J connectivity index is 1.92. The van der Waals surface area contributed by atoms with Crippen LogP contribution in [0.3, 0.4) is 0 Å². The number of amides is 1. The number of hydrogen-bond donors (Lipinski definition) is 1. The van der Waals surface area contributed by atoms with Gasteiger partial charge >= 0.3 is 0 Å². The number of hydrogen-bond acceptors (Lipinski definition) is 4. The quantitative estimate of drug-likeness (QED) is 0.674. The number of pyridine rings is 1. The SMILES string of the molecule is C/C(C=NNC(=O)c1cccnc1)=C\c1ccco1. The van der Waals surface area contributed by atoms with Gasteiger partial charge in [-0.2, -0.15) is 5.10 Å². The Morgan fingerprint density at radius 2 is 2.32 bits per heavy atom. The van der Waals surface area contributed by atoms with E-state index >= 15 is 0 Å². The first-order valence-corrected chi connectivity index (χ1v) is 5.71. The van der Waals surface area contributed by atoms with Crippen molar-refractivity contribution in [1.82, 2.24) is 10.4 Å². The molecule has 0 aliphatic carbocycles. The molecule has 1 N–H and O–H groups in total.